The van der Waals surface area contributed by atoms with Gasteiger partial charge in [-0.25, -0.2) is 0 Å². The first kappa shape index (κ1) is 19.0. The van der Waals surface area contributed by atoms with E-state index < -0.39 is 11.8 Å². The lowest BCUT2D eigenvalue weighted by Crippen LogP contribution is -2.29. The highest BCUT2D eigenvalue weighted by atomic mass is 79.9. The molecule has 0 saturated carbocycles. The molecule has 0 aliphatic rings. The molecule has 0 radical (unpaired) electrons. The smallest absolute Gasteiger partial charge is 0.167 e. The van der Waals surface area contributed by atoms with Gasteiger partial charge in [0.1, 0.15) is 11.6 Å². The van der Waals surface area contributed by atoms with Crippen LogP contribution in [-0.2, 0) is 14.4 Å². The third-order valence-electron chi connectivity index (χ3n) is 4.01. The minimum absolute atomic E-state index is 0.158. The zero-order valence-electron chi connectivity index (χ0n) is 14.2. The van der Waals surface area contributed by atoms with E-state index in [0.29, 0.717) is 11.5 Å². The Balaban J connectivity index is 2.50. The number of ketones is 3. The zero-order valence-corrected chi connectivity index (χ0v) is 15.8. The minimum Gasteiger partial charge on any atom is -0.356 e. The maximum Gasteiger partial charge on any atom is 0.167 e. The van der Waals surface area contributed by atoms with Crippen molar-refractivity contribution in [3.63, 3.8) is 0 Å². The Morgan fingerprint density at radius 1 is 1.08 bits per heavy atom. The van der Waals surface area contributed by atoms with Crippen LogP contribution in [0.15, 0.2) is 51.5 Å². The Morgan fingerprint density at radius 2 is 1.64 bits per heavy atom. The van der Waals surface area contributed by atoms with Crippen LogP contribution in [0.2, 0.25) is 0 Å². The molecule has 6 heteroatoms. The molecule has 1 aromatic carbocycles. The molecule has 1 heterocycles. The summed E-state index contributed by atoms with van der Waals surface area (Å²) in [5.41, 5.74) is 1.29. The number of aromatic nitrogens is 1. The molecule has 2 aromatic rings. The lowest BCUT2D eigenvalue weighted by atomic mass is 9.78. The second kappa shape index (κ2) is 7.70. The highest BCUT2D eigenvalue weighted by molar-refractivity contribution is 9.10. The molecule has 0 N–H and O–H groups in total. The second-order valence-corrected chi connectivity index (χ2v) is 6.80. The van der Waals surface area contributed by atoms with Gasteiger partial charge in [-0.1, -0.05) is 39.8 Å². The summed E-state index contributed by atoms with van der Waals surface area (Å²) < 4.78 is 6.29. The SMILES string of the molecule is C=C(C(C)=O)C(c1cc(-c2ccc(Br)cc2)on1)C(C(C)=O)C(C)=O. The van der Waals surface area contributed by atoms with Gasteiger partial charge in [0.05, 0.1) is 11.6 Å². The van der Waals surface area contributed by atoms with Crippen molar-refractivity contribution in [3.8, 4) is 11.3 Å². The normalized spacial score (nSPS) is 12.0. The van der Waals surface area contributed by atoms with Crippen LogP contribution in [0.3, 0.4) is 0 Å². The fourth-order valence-electron chi connectivity index (χ4n) is 2.71. The summed E-state index contributed by atoms with van der Waals surface area (Å²) in [7, 11) is 0. The van der Waals surface area contributed by atoms with Crippen LogP contribution in [0.1, 0.15) is 32.4 Å². The first-order chi connectivity index (χ1) is 11.7. The highest BCUT2D eigenvalue weighted by Crippen LogP contribution is 2.35. The van der Waals surface area contributed by atoms with Gasteiger partial charge in [-0.3, -0.25) is 14.4 Å². The maximum absolute atomic E-state index is 12.0. The molecule has 25 heavy (non-hydrogen) atoms. The van der Waals surface area contributed by atoms with E-state index >= 15 is 0 Å². The van der Waals surface area contributed by atoms with Gasteiger partial charge in [0.25, 0.3) is 0 Å². The van der Waals surface area contributed by atoms with Crippen LogP contribution in [0, 0.1) is 5.92 Å². The van der Waals surface area contributed by atoms with Gasteiger partial charge >= 0.3 is 0 Å². The maximum atomic E-state index is 12.0. The predicted molar refractivity (Wildman–Crippen MR) is 97.1 cm³/mol. The molecule has 0 amide bonds. The number of nitrogens with zero attached hydrogens (tertiary/aromatic N) is 1. The molecule has 0 aliphatic heterocycles. The summed E-state index contributed by atoms with van der Waals surface area (Å²) in [6, 6.07) is 9.04. The molecule has 130 valence electrons. The predicted octanol–water partition coefficient (Wildman–Crippen LogP) is 4.13. The fourth-order valence-corrected chi connectivity index (χ4v) is 2.98. The van der Waals surface area contributed by atoms with E-state index in [2.05, 4.69) is 27.7 Å². The molecule has 0 spiro atoms. The molecule has 0 aliphatic carbocycles. The number of Topliss-reactive ketones (excluding diaryl/α,β-unsaturated/α-hetero) is 3. The quantitative estimate of drug-likeness (QED) is 0.512. The number of hydrogen-bond donors (Lipinski definition) is 0. The molecule has 1 unspecified atom stereocenters. The number of halogens is 1. The van der Waals surface area contributed by atoms with Crippen LogP contribution >= 0.6 is 15.9 Å². The molecule has 0 saturated heterocycles. The largest absolute Gasteiger partial charge is 0.356 e. The Bertz CT molecular complexity index is 821. The van der Waals surface area contributed by atoms with Crippen molar-refractivity contribution in [2.75, 3.05) is 0 Å². The molecule has 1 atom stereocenters. The molecular formula is C19H18BrNO4. The number of carbonyl (C=O) groups is 3. The average Bonchev–Trinajstić information content (AvgIpc) is 3.01. The van der Waals surface area contributed by atoms with Gasteiger partial charge in [-0.05, 0) is 38.5 Å². The molecule has 1 aromatic heterocycles. The van der Waals surface area contributed by atoms with Gasteiger partial charge in [0.2, 0.25) is 0 Å². The molecule has 0 bridgehead atoms. The van der Waals surface area contributed by atoms with Crippen molar-refractivity contribution in [3.05, 3.63) is 52.7 Å². The Morgan fingerprint density at radius 3 is 2.12 bits per heavy atom. The number of allylic oxidation sites excluding steroid dienone is 1. The minimum atomic E-state index is -1.01. The second-order valence-electron chi connectivity index (χ2n) is 5.88. The topological polar surface area (TPSA) is 77.2 Å². The molecule has 5 nitrogen and oxygen atoms in total. The van der Waals surface area contributed by atoms with Gasteiger partial charge in [-0.15, -0.1) is 0 Å². The zero-order chi connectivity index (χ0) is 18.7. The number of hydrogen-bond acceptors (Lipinski definition) is 5. The van der Waals surface area contributed by atoms with E-state index in [4.69, 9.17) is 4.52 Å². The first-order valence-corrected chi connectivity index (χ1v) is 8.44. The summed E-state index contributed by atoms with van der Waals surface area (Å²) in [6.07, 6.45) is 0. The summed E-state index contributed by atoms with van der Waals surface area (Å²) in [6.45, 7) is 7.76. The van der Waals surface area contributed by atoms with Crippen molar-refractivity contribution >= 4 is 33.3 Å². The third kappa shape index (κ3) is 4.20. The lowest BCUT2D eigenvalue weighted by molar-refractivity contribution is -0.131. The standard InChI is InChI=1S/C19H18BrNO4/c1-10(11(2)22)18(19(12(3)23)13(4)24)16-9-17(25-21-16)14-5-7-15(20)8-6-14/h5-9,18-19H,1H2,2-4H3. The summed E-state index contributed by atoms with van der Waals surface area (Å²) in [5, 5.41) is 4.00. The van der Waals surface area contributed by atoms with Crippen molar-refractivity contribution in [1.82, 2.24) is 5.16 Å². The first-order valence-electron chi connectivity index (χ1n) is 7.65. The van der Waals surface area contributed by atoms with E-state index in [-0.39, 0.29) is 22.9 Å². The highest BCUT2D eigenvalue weighted by Gasteiger charge is 2.36. The number of benzene rings is 1. The van der Waals surface area contributed by atoms with Gasteiger partial charge < -0.3 is 4.52 Å². The number of rotatable bonds is 7. The van der Waals surface area contributed by atoms with E-state index in [9.17, 15) is 14.4 Å². The van der Waals surface area contributed by atoms with Crippen molar-refractivity contribution < 1.29 is 18.9 Å². The van der Waals surface area contributed by atoms with Gasteiger partial charge in [0, 0.05) is 22.0 Å². The molecular weight excluding hydrogens is 386 g/mol. The number of carbonyl (C=O) groups excluding carboxylic acids is 3. The van der Waals surface area contributed by atoms with E-state index in [1.54, 1.807) is 6.07 Å². The van der Waals surface area contributed by atoms with Gasteiger partial charge in [-0.2, -0.15) is 0 Å². The average molecular weight is 404 g/mol. The van der Waals surface area contributed by atoms with Crippen LogP contribution in [0.25, 0.3) is 11.3 Å². The lowest BCUT2D eigenvalue weighted by Gasteiger charge is -2.21. The summed E-state index contributed by atoms with van der Waals surface area (Å²) in [4.78, 5) is 35.8. The Hall–Kier alpha value is -2.34. The summed E-state index contributed by atoms with van der Waals surface area (Å²) in [5.74, 6) is -2.35. The van der Waals surface area contributed by atoms with Gasteiger partial charge in [0.15, 0.2) is 11.5 Å². The van der Waals surface area contributed by atoms with Crippen LogP contribution in [0.4, 0.5) is 0 Å². The Labute approximate surface area is 154 Å². The third-order valence-corrected chi connectivity index (χ3v) is 4.54. The van der Waals surface area contributed by atoms with Crippen LogP contribution in [-0.4, -0.2) is 22.5 Å². The van der Waals surface area contributed by atoms with Crippen LogP contribution in [0.5, 0.6) is 0 Å². The van der Waals surface area contributed by atoms with Crippen molar-refractivity contribution in [2.45, 2.75) is 26.7 Å². The monoisotopic (exact) mass is 403 g/mol. The van der Waals surface area contributed by atoms with E-state index in [1.165, 1.54) is 20.8 Å². The Kier molecular flexibility index (Phi) is 5.85. The van der Waals surface area contributed by atoms with E-state index in [1.807, 2.05) is 24.3 Å². The molecule has 2 rings (SSSR count). The van der Waals surface area contributed by atoms with Crippen LogP contribution < -0.4 is 0 Å². The summed E-state index contributed by atoms with van der Waals surface area (Å²) >= 11 is 3.36. The van der Waals surface area contributed by atoms with Crippen molar-refractivity contribution in [2.24, 2.45) is 5.92 Å². The fraction of sp³-hybridized carbons (Fsp3) is 0.263. The van der Waals surface area contributed by atoms with Crippen molar-refractivity contribution in [1.29, 1.82) is 0 Å². The van der Waals surface area contributed by atoms with E-state index in [0.717, 1.165) is 10.0 Å². The molecule has 0 fully saturated rings.